The fraction of sp³-hybridized carbons (Fsp3) is 0.231. The van der Waals surface area contributed by atoms with Gasteiger partial charge in [0.2, 0.25) is 0 Å². The van der Waals surface area contributed by atoms with Crippen LogP contribution in [0.2, 0.25) is 0 Å². The first-order valence-corrected chi connectivity index (χ1v) is 10.6. The Balaban J connectivity index is 1.25. The van der Waals surface area contributed by atoms with Gasteiger partial charge in [-0.3, -0.25) is 4.79 Å². The van der Waals surface area contributed by atoms with Gasteiger partial charge in [-0.05, 0) is 66.3 Å². The first-order chi connectivity index (χ1) is 15.2. The number of benzene rings is 3. The van der Waals surface area contributed by atoms with Crippen molar-refractivity contribution in [1.29, 1.82) is 0 Å². The maximum atomic E-state index is 12.0. The van der Waals surface area contributed by atoms with E-state index in [9.17, 15) is 4.79 Å². The van der Waals surface area contributed by atoms with Gasteiger partial charge < -0.3 is 9.64 Å². The number of rotatable bonds is 7. The topological polar surface area (TPSA) is 53.9 Å². The molecule has 4 rings (SSSR count). The van der Waals surface area contributed by atoms with Crippen LogP contribution in [-0.2, 0) is 4.79 Å². The largest absolute Gasteiger partial charge is 0.484 e. The van der Waals surface area contributed by atoms with E-state index in [0.29, 0.717) is 5.75 Å². The summed E-state index contributed by atoms with van der Waals surface area (Å²) in [5, 5.41) is 4.06. The summed E-state index contributed by atoms with van der Waals surface area (Å²) in [5.41, 5.74) is 8.23. The standard InChI is InChI=1S/C26H27N3O2/c1-20-17-21(9-14-25(20)29-15-5-6-16-29)18-27-28-26(30)19-31-24-12-10-23(11-13-24)22-7-3-2-4-8-22/h2-4,7-14,17-18H,5-6,15-16,19H2,1H3,(H,28,30)/b27-18+. The first-order valence-electron chi connectivity index (χ1n) is 10.6. The Bertz CT molecular complexity index is 1040. The summed E-state index contributed by atoms with van der Waals surface area (Å²) in [6.45, 7) is 4.27. The molecule has 0 spiro atoms. The molecule has 5 nitrogen and oxygen atoms in total. The van der Waals surface area contributed by atoms with Crippen molar-refractivity contribution in [3.63, 3.8) is 0 Å². The van der Waals surface area contributed by atoms with Crippen molar-refractivity contribution in [1.82, 2.24) is 5.43 Å². The molecule has 1 amide bonds. The van der Waals surface area contributed by atoms with Crippen molar-refractivity contribution in [2.24, 2.45) is 5.10 Å². The third-order valence-corrected chi connectivity index (χ3v) is 5.40. The minimum Gasteiger partial charge on any atom is -0.484 e. The minimum atomic E-state index is -0.297. The van der Waals surface area contributed by atoms with Gasteiger partial charge in [0.25, 0.3) is 5.91 Å². The van der Waals surface area contributed by atoms with Crippen molar-refractivity contribution in [3.8, 4) is 16.9 Å². The normalized spacial score (nSPS) is 13.5. The highest BCUT2D eigenvalue weighted by Gasteiger charge is 2.14. The summed E-state index contributed by atoms with van der Waals surface area (Å²) in [6, 6.07) is 24.1. The number of nitrogens with zero attached hydrogens (tertiary/aromatic N) is 2. The van der Waals surface area contributed by atoms with Gasteiger partial charge in [0.05, 0.1) is 6.21 Å². The first kappa shape index (κ1) is 20.7. The average molecular weight is 414 g/mol. The maximum Gasteiger partial charge on any atom is 0.277 e. The lowest BCUT2D eigenvalue weighted by Gasteiger charge is -2.20. The van der Waals surface area contributed by atoms with Crippen LogP contribution in [0.4, 0.5) is 5.69 Å². The van der Waals surface area contributed by atoms with Crippen LogP contribution in [-0.4, -0.2) is 31.8 Å². The number of aryl methyl sites for hydroxylation is 1. The third-order valence-electron chi connectivity index (χ3n) is 5.40. The second-order valence-electron chi connectivity index (χ2n) is 7.71. The molecule has 1 aliphatic heterocycles. The van der Waals surface area contributed by atoms with E-state index in [1.807, 2.05) is 48.5 Å². The molecular formula is C26H27N3O2. The summed E-state index contributed by atoms with van der Waals surface area (Å²) < 4.78 is 5.56. The number of carbonyl (C=O) groups excluding carboxylic acids is 1. The zero-order valence-corrected chi connectivity index (χ0v) is 17.8. The van der Waals surface area contributed by atoms with Crippen LogP contribution in [0, 0.1) is 6.92 Å². The molecule has 0 aromatic heterocycles. The highest BCUT2D eigenvalue weighted by Crippen LogP contribution is 2.25. The van der Waals surface area contributed by atoms with Crippen LogP contribution in [0.3, 0.4) is 0 Å². The van der Waals surface area contributed by atoms with Gasteiger partial charge in [-0.1, -0.05) is 48.5 Å². The zero-order chi connectivity index (χ0) is 21.5. The van der Waals surface area contributed by atoms with E-state index < -0.39 is 0 Å². The molecule has 0 bridgehead atoms. The van der Waals surface area contributed by atoms with E-state index in [1.54, 1.807) is 6.21 Å². The minimum absolute atomic E-state index is 0.0883. The molecular weight excluding hydrogens is 386 g/mol. The van der Waals surface area contributed by atoms with Crippen LogP contribution in [0.5, 0.6) is 5.75 Å². The number of anilines is 1. The number of hydrogen-bond acceptors (Lipinski definition) is 4. The van der Waals surface area contributed by atoms with Crippen LogP contribution < -0.4 is 15.1 Å². The monoisotopic (exact) mass is 413 g/mol. The molecule has 0 radical (unpaired) electrons. The van der Waals surface area contributed by atoms with Gasteiger partial charge in [0.1, 0.15) is 5.75 Å². The Kier molecular flexibility index (Phi) is 6.62. The summed E-state index contributed by atoms with van der Waals surface area (Å²) in [4.78, 5) is 14.5. The van der Waals surface area contributed by atoms with Gasteiger partial charge in [-0.25, -0.2) is 5.43 Å². The number of nitrogens with one attached hydrogen (secondary N) is 1. The molecule has 1 fully saturated rings. The van der Waals surface area contributed by atoms with E-state index in [2.05, 4.69) is 46.6 Å². The Morgan fingerprint density at radius 3 is 2.42 bits per heavy atom. The molecule has 1 N–H and O–H groups in total. The number of hydrogen-bond donors (Lipinski definition) is 1. The van der Waals surface area contributed by atoms with E-state index in [-0.39, 0.29) is 12.5 Å². The highest BCUT2D eigenvalue weighted by atomic mass is 16.5. The molecule has 0 unspecified atom stereocenters. The van der Waals surface area contributed by atoms with Gasteiger partial charge in [-0.2, -0.15) is 5.10 Å². The highest BCUT2D eigenvalue weighted by molar-refractivity contribution is 5.84. The summed E-state index contributed by atoms with van der Waals surface area (Å²) in [5.74, 6) is 0.348. The molecule has 31 heavy (non-hydrogen) atoms. The van der Waals surface area contributed by atoms with E-state index in [4.69, 9.17) is 4.74 Å². The molecule has 1 aliphatic rings. The molecule has 1 saturated heterocycles. The Hall–Kier alpha value is -3.60. The van der Waals surface area contributed by atoms with Crippen molar-refractivity contribution >= 4 is 17.8 Å². The fourth-order valence-electron chi connectivity index (χ4n) is 3.81. The number of ether oxygens (including phenoxy) is 1. The van der Waals surface area contributed by atoms with Crippen LogP contribution in [0.1, 0.15) is 24.0 Å². The predicted molar refractivity (Wildman–Crippen MR) is 126 cm³/mol. The van der Waals surface area contributed by atoms with E-state index in [0.717, 1.165) is 29.8 Å². The molecule has 0 saturated carbocycles. The SMILES string of the molecule is Cc1cc(/C=N/NC(=O)COc2ccc(-c3ccccc3)cc2)ccc1N1CCCC1. The number of hydrazone groups is 1. The number of carbonyl (C=O) groups is 1. The molecule has 1 heterocycles. The lowest BCUT2D eigenvalue weighted by atomic mass is 10.1. The van der Waals surface area contributed by atoms with Crippen molar-refractivity contribution in [3.05, 3.63) is 83.9 Å². The summed E-state index contributed by atoms with van der Waals surface area (Å²) >= 11 is 0. The Morgan fingerprint density at radius 2 is 1.71 bits per heavy atom. The smallest absolute Gasteiger partial charge is 0.277 e. The second kappa shape index (κ2) is 9.94. The van der Waals surface area contributed by atoms with Crippen molar-refractivity contribution in [2.75, 3.05) is 24.6 Å². The molecule has 3 aromatic rings. The molecule has 3 aromatic carbocycles. The van der Waals surface area contributed by atoms with Crippen LogP contribution >= 0.6 is 0 Å². The van der Waals surface area contributed by atoms with Crippen LogP contribution in [0.25, 0.3) is 11.1 Å². The lowest BCUT2D eigenvalue weighted by Crippen LogP contribution is -2.24. The lowest BCUT2D eigenvalue weighted by molar-refractivity contribution is -0.123. The molecule has 0 atom stereocenters. The number of amides is 1. The Morgan fingerprint density at radius 1 is 1.00 bits per heavy atom. The van der Waals surface area contributed by atoms with Crippen molar-refractivity contribution in [2.45, 2.75) is 19.8 Å². The van der Waals surface area contributed by atoms with Crippen molar-refractivity contribution < 1.29 is 9.53 Å². The second-order valence-corrected chi connectivity index (χ2v) is 7.71. The van der Waals surface area contributed by atoms with Gasteiger partial charge in [-0.15, -0.1) is 0 Å². The predicted octanol–water partition coefficient (Wildman–Crippen LogP) is 4.79. The van der Waals surface area contributed by atoms with Gasteiger partial charge in [0.15, 0.2) is 6.61 Å². The average Bonchev–Trinajstić information content (AvgIpc) is 3.33. The summed E-state index contributed by atoms with van der Waals surface area (Å²) in [6.07, 6.45) is 4.18. The zero-order valence-electron chi connectivity index (χ0n) is 17.8. The molecule has 0 aliphatic carbocycles. The summed E-state index contributed by atoms with van der Waals surface area (Å²) in [7, 11) is 0. The van der Waals surface area contributed by atoms with Crippen LogP contribution in [0.15, 0.2) is 77.9 Å². The Labute approximate surface area is 183 Å². The van der Waals surface area contributed by atoms with Gasteiger partial charge in [0, 0.05) is 18.8 Å². The fourth-order valence-corrected chi connectivity index (χ4v) is 3.81. The quantitative estimate of drug-likeness (QED) is 0.448. The third kappa shape index (κ3) is 5.51. The maximum absolute atomic E-state index is 12.0. The molecule has 158 valence electrons. The van der Waals surface area contributed by atoms with Gasteiger partial charge >= 0.3 is 0 Å². The van der Waals surface area contributed by atoms with E-state index >= 15 is 0 Å². The molecule has 5 heteroatoms. The van der Waals surface area contributed by atoms with E-state index in [1.165, 1.54) is 24.1 Å².